The van der Waals surface area contributed by atoms with E-state index in [1.165, 1.54) is 5.56 Å². The average molecular weight is 292 g/mol. The van der Waals surface area contributed by atoms with Gasteiger partial charge in [0.05, 0.1) is 6.61 Å². The fraction of sp³-hybridized carbons (Fsp3) is 0.688. The number of pyridine rings is 1. The van der Waals surface area contributed by atoms with Crippen molar-refractivity contribution in [1.29, 1.82) is 0 Å². The van der Waals surface area contributed by atoms with Crippen molar-refractivity contribution in [3.8, 4) is 0 Å². The monoisotopic (exact) mass is 292 g/mol. The number of aromatic nitrogens is 1. The smallest absolute Gasteiger partial charge is 0.128 e. The molecular weight excluding hydrogens is 264 g/mol. The van der Waals surface area contributed by atoms with Crippen LogP contribution in [0.25, 0.3) is 0 Å². The third-order valence-corrected chi connectivity index (χ3v) is 4.12. The van der Waals surface area contributed by atoms with E-state index in [0.29, 0.717) is 6.04 Å². The van der Waals surface area contributed by atoms with Crippen LogP contribution in [0.4, 0.5) is 5.82 Å². The van der Waals surface area contributed by atoms with Crippen LogP contribution in [0.15, 0.2) is 18.3 Å². The summed E-state index contributed by atoms with van der Waals surface area (Å²) in [5, 5.41) is 3.34. The Bertz CT molecular complexity index is 409. The molecule has 2 heterocycles. The maximum Gasteiger partial charge on any atom is 0.128 e. The lowest BCUT2D eigenvalue weighted by molar-refractivity contribution is 0.199. The van der Waals surface area contributed by atoms with Crippen LogP contribution in [-0.2, 0) is 11.3 Å². The van der Waals surface area contributed by atoms with Crippen LogP contribution in [0.3, 0.4) is 0 Å². The summed E-state index contributed by atoms with van der Waals surface area (Å²) in [5.74, 6) is 1.10. The number of nitrogens with zero attached hydrogens (tertiary/aromatic N) is 3. The van der Waals surface area contributed by atoms with Crippen molar-refractivity contribution in [2.75, 3.05) is 51.3 Å². The molecule has 2 rings (SSSR count). The Morgan fingerprint density at radius 2 is 2.24 bits per heavy atom. The van der Waals surface area contributed by atoms with Crippen LogP contribution in [0.1, 0.15) is 19.4 Å². The summed E-state index contributed by atoms with van der Waals surface area (Å²) in [4.78, 5) is 9.53. The van der Waals surface area contributed by atoms with Crippen molar-refractivity contribution in [2.24, 2.45) is 0 Å². The Balaban J connectivity index is 1.84. The average Bonchev–Trinajstić information content (AvgIpc) is 2.52. The molecule has 1 atom stereocenters. The van der Waals surface area contributed by atoms with Gasteiger partial charge >= 0.3 is 0 Å². The molecule has 1 aromatic heterocycles. The lowest BCUT2D eigenvalue weighted by Crippen LogP contribution is -2.51. The van der Waals surface area contributed by atoms with Gasteiger partial charge in [0.25, 0.3) is 0 Å². The van der Waals surface area contributed by atoms with Crippen LogP contribution >= 0.6 is 0 Å². The third kappa shape index (κ3) is 4.66. The molecule has 0 aliphatic carbocycles. The molecule has 0 spiro atoms. The van der Waals surface area contributed by atoms with E-state index in [-0.39, 0.29) is 0 Å². The second-order valence-electron chi connectivity index (χ2n) is 5.62. The zero-order valence-corrected chi connectivity index (χ0v) is 13.5. The highest BCUT2D eigenvalue weighted by atomic mass is 16.5. The molecule has 1 aromatic rings. The molecule has 1 unspecified atom stereocenters. The van der Waals surface area contributed by atoms with Gasteiger partial charge in [-0.1, -0.05) is 13.0 Å². The fourth-order valence-corrected chi connectivity index (χ4v) is 2.79. The second kappa shape index (κ2) is 8.32. The molecule has 1 aliphatic rings. The van der Waals surface area contributed by atoms with Crippen molar-refractivity contribution < 1.29 is 4.74 Å². The molecule has 0 aromatic carbocycles. The molecule has 5 heteroatoms. The van der Waals surface area contributed by atoms with Crippen molar-refractivity contribution in [3.63, 3.8) is 0 Å². The first kappa shape index (κ1) is 16.2. The third-order valence-electron chi connectivity index (χ3n) is 4.12. The maximum atomic E-state index is 5.02. The lowest BCUT2D eigenvalue weighted by Gasteiger charge is -2.39. The molecule has 0 bridgehead atoms. The molecule has 1 saturated heterocycles. The Morgan fingerprint density at radius 3 is 2.86 bits per heavy atom. The van der Waals surface area contributed by atoms with Gasteiger partial charge in [-0.15, -0.1) is 0 Å². The highest BCUT2D eigenvalue weighted by molar-refractivity contribution is 5.40. The molecule has 1 aliphatic heterocycles. The van der Waals surface area contributed by atoms with Gasteiger partial charge in [-0.2, -0.15) is 0 Å². The van der Waals surface area contributed by atoms with E-state index in [1.54, 1.807) is 7.11 Å². The highest BCUT2D eigenvalue weighted by Crippen LogP contribution is 2.17. The van der Waals surface area contributed by atoms with Crippen molar-refractivity contribution >= 4 is 5.82 Å². The fourth-order valence-electron chi connectivity index (χ4n) is 2.79. The summed E-state index contributed by atoms with van der Waals surface area (Å²) >= 11 is 0. The molecule has 5 nitrogen and oxygen atoms in total. The summed E-state index contributed by atoms with van der Waals surface area (Å²) in [6, 6.07) is 4.90. The lowest BCUT2D eigenvalue weighted by atomic mass is 10.2. The number of hydrogen-bond donors (Lipinski definition) is 1. The number of anilines is 1. The van der Waals surface area contributed by atoms with Crippen LogP contribution < -0.4 is 10.2 Å². The summed E-state index contributed by atoms with van der Waals surface area (Å²) < 4.78 is 5.02. The van der Waals surface area contributed by atoms with Gasteiger partial charge in [-0.25, -0.2) is 4.98 Å². The first-order chi connectivity index (χ1) is 10.2. The Morgan fingerprint density at radius 1 is 1.38 bits per heavy atom. The highest BCUT2D eigenvalue weighted by Gasteiger charge is 2.22. The summed E-state index contributed by atoms with van der Waals surface area (Å²) in [6.07, 6.45) is 1.98. The number of nitrogens with one attached hydrogen (secondary N) is 1. The Kier molecular flexibility index (Phi) is 6.42. The molecule has 1 fully saturated rings. The summed E-state index contributed by atoms with van der Waals surface area (Å²) in [6.45, 7) is 11.4. The number of likely N-dealkylation sites (N-methyl/N-ethyl adjacent to an activating group) is 1. The van der Waals surface area contributed by atoms with Gasteiger partial charge in [0.2, 0.25) is 0 Å². The van der Waals surface area contributed by atoms with Gasteiger partial charge in [0.1, 0.15) is 5.82 Å². The number of hydrogen-bond acceptors (Lipinski definition) is 5. The SMILES string of the molecule is CCN1CCN(c2ccc(CNCCOC)cn2)CC1C. The van der Waals surface area contributed by atoms with Crippen molar-refractivity contribution in [1.82, 2.24) is 15.2 Å². The molecule has 1 N–H and O–H groups in total. The first-order valence-corrected chi connectivity index (χ1v) is 7.88. The minimum absolute atomic E-state index is 0.598. The minimum Gasteiger partial charge on any atom is -0.383 e. The van der Waals surface area contributed by atoms with Crippen molar-refractivity contribution in [3.05, 3.63) is 23.9 Å². The Hall–Kier alpha value is -1.17. The number of methoxy groups -OCH3 is 1. The molecule has 0 radical (unpaired) electrons. The molecular formula is C16H28N4O. The maximum absolute atomic E-state index is 5.02. The molecule has 0 amide bonds. The van der Waals surface area contributed by atoms with Crippen LogP contribution in [0, 0.1) is 0 Å². The van der Waals surface area contributed by atoms with Crippen LogP contribution in [0.5, 0.6) is 0 Å². The topological polar surface area (TPSA) is 40.6 Å². The van der Waals surface area contributed by atoms with Gasteiger partial charge in [0, 0.05) is 52.1 Å². The zero-order chi connectivity index (χ0) is 15.1. The summed E-state index contributed by atoms with van der Waals surface area (Å²) in [7, 11) is 1.72. The number of rotatable bonds is 7. The van der Waals surface area contributed by atoms with Crippen LogP contribution in [0.2, 0.25) is 0 Å². The predicted octanol–water partition coefficient (Wildman–Crippen LogP) is 1.35. The van der Waals surface area contributed by atoms with Crippen LogP contribution in [-0.4, -0.2) is 62.4 Å². The van der Waals surface area contributed by atoms with Gasteiger partial charge in [0.15, 0.2) is 0 Å². The first-order valence-electron chi connectivity index (χ1n) is 7.88. The largest absolute Gasteiger partial charge is 0.383 e. The van der Waals surface area contributed by atoms with Gasteiger partial charge in [-0.05, 0) is 25.1 Å². The predicted molar refractivity (Wildman–Crippen MR) is 86.7 cm³/mol. The quantitative estimate of drug-likeness (QED) is 0.768. The molecule has 0 saturated carbocycles. The minimum atomic E-state index is 0.598. The second-order valence-corrected chi connectivity index (χ2v) is 5.62. The number of piperazine rings is 1. The van der Waals surface area contributed by atoms with E-state index in [0.717, 1.165) is 51.7 Å². The molecule has 21 heavy (non-hydrogen) atoms. The van der Waals surface area contributed by atoms with E-state index in [4.69, 9.17) is 4.74 Å². The van der Waals surface area contributed by atoms with Gasteiger partial charge < -0.3 is 15.0 Å². The van der Waals surface area contributed by atoms with Crippen molar-refractivity contribution in [2.45, 2.75) is 26.4 Å². The normalized spacial score (nSPS) is 20.0. The number of ether oxygens (including phenoxy) is 1. The van der Waals surface area contributed by atoms with Gasteiger partial charge in [-0.3, -0.25) is 4.90 Å². The van der Waals surface area contributed by atoms with E-state index < -0.39 is 0 Å². The van der Waals surface area contributed by atoms with E-state index >= 15 is 0 Å². The summed E-state index contributed by atoms with van der Waals surface area (Å²) in [5.41, 5.74) is 1.22. The van der Waals surface area contributed by atoms with E-state index in [2.05, 4.69) is 46.1 Å². The van der Waals surface area contributed by atoms with E-state index in [9.17, 15) is 0 Å². The Labute approximate surface area is 128 Å². The standard InChI is InChI=1S/C16H28N4O/c1-4-19-8-9-20(13-14(19)2)16-6-5-15(12-18-16)11-17-7-10-21-3/h5-6,12,14,17H,4,7-11,13H2,1-3H3. The molecule has 118 valence electrons. The zero-order valence-electron chi connectivity index (χ0n) is 13.5. The van der Waals surface area contributed by atoms with E-state index in [1.807, 2.05) is 6.20 Å².